The molecule has 0 saturated heterocycles. The number of allylic oxidation sites excluding steroid dienone is 1. The zero-order chi connectivity index (χ0) is 10.7. The first-order chi connectivity index (χ1) is 7.33. The molecule has 1 aromatic rings. The van der Waals surface area contributed by atoms with Crippen LogP contribution in [-0.4, -0.2) is 24.4 Å². The molecule has 1 N–H and O–H groups in total. The van der Waals surface area contributed by atoms with Gasteiger partial charge in [0.2, 0.25) is 0 Å². The quantitative estimate of drug-likeness (QED) is 0.762. The van der Waals surface area contributed by atoms with E-state index in [0.717, 1.165) is 17.7 Å². The fourth-order valence-electron chi connectivity index (χ4n) is 1.54. The molecule has 3 nitrogen and oxygen atoms in total. The SMILES string of the molecule is C=CCc1ccc2c(c1)OC(CO)CO2. The lowest BCUT2D eigenvalue weighted by molar-refractivity contribution is 0.0456. The Morgan fingerprint density at radius 2 is 2.33 bits per heavy atom. The van der Waals surface area contributed by atoms with Gasteiger partial charge in [0.25, 0.3) is 0 Å². The van der Waals surface area contributed by atoms with Crippen molar-refractivity contribution in [3.63, 3.8) is 0 Å². The molecule has 0 saturated carbocycles. The van der Waals surface area contributed by atoms with E-state index in [-0.39, 0.29) is 12.7 Å². The molecular weight excluding hydrogens is 192 g/mol. The highest BCUT2D eigenvalue weighted by Crippen LogP contribution is 2.32. The van der Waals surface area contributed by atoms with E-state index in [1.54, 1.807) is 0 Å². The summed E-state index contributed by atoms with van der Waals surface area (Å²) in [5.74, 6) is 1.45. The summed E-state index contributed by atoms with van der Waals surface area (Å²) in [6, 6.07) is 5.81. The second-order valence-electron chi connectivity index (χ2n) is 3.51. The molecule has 1 aliphatic heterocycles. The summed E-state index contributed by atoms with van der Waals surface area (Å²) in [6.07, 6.45) is 2.39. The van der Waals surface area contributed by atoms with E-state index in [4.69, 9.17) is 14.6 Å². The first-order valence-corrected chi connectivity index (χ1v) is 4.97. The van der Waals surface area contributed by atoms with E-state index < -0.39 is 0 Å². The topological polar surface area (TPSA) is 38.7 Å². The fraction of sp³-hybridized carbons (Fsp3) is 0.333. The van der Waals surface area contributed by atoms with Gasteiger partial charge in [0.05, 0.1) is 6.61 Å². The monoisotopic (exact) mass is 206 g/mol. The van der Waals surface area contributed by atoms with Crippen LogP contribution in [0.2, 0.25) is 0 Å². The highest BCUT2D eigenvalue weighted by atomic mass is 16.6. The molecule has 1 atom stereocenters. The van der Waals surface area contributed by atoms with Crippen molar-refractivity contribution < 1.29 is 14.6 Å². The van der Waals surface area contributed by atoms with Gasteiger partial charge in [-0.25, -0.2) is 0 Å². The van der Waals surface area contributed by atoms with E-state index in [9.17, 15) is 0 Å². The van der Waals surface area contributed by atoms with Gasteiger partial charge >= 0.3 is 0 Å². The van der Waals surface area contributed by atoms with Crippen LogP contribution in [0.3, 0.4) is 0 Å². The smallest absolute Gasteiger partial charge is 0.162 e. The van der Waals surface area contributed by atoms with E-state index in [0.29, 0.717) is 12.4 Å². The first kappa shape index (κ1) is 10.1. The van der Waals surface area contributed by atoms with Gasteiger partial charge in [-0.3, -0.25) is 0 Å². The average molecular weight is 206 g/mol. The molecule has 0 amide bonds. The van der Waals surface area contributed by atoms with Crippen molar-refractivity contribution in [3.05, 3.63) is 36.4 Å². The second-order valence-corrected chi connectivity index (χ2v) is 3.51. The maximum Gasteiger partial charge on any atom is 0.162 e. The fourth-order valence-corrected chi connectivity index (χ4v) is 1.54. The first-order valence-electron chi connectivity index (χ1n) is 4.97. The minimum absolute atomic E-state index is 0.0227. The molecule has 3 heteroatoms. The standard InChI is InChI=1S/C12H14O3/c1-2-3-9-4-5-11-12(6-9)15-10(7-13)8-14-11/h2,4-6,10,13H,1,3,7-8H2. The van der Waals surface area contributed by atoms with Crippen LogP contribution < -0.4 is 9.47 Å². The highest BCUT2D eigenvalue weighted by Gasteiger charge is 2.19. The van der Waals surface area contributed by atoms with Crippen LogP contribution in [0.5, 0.6) is 11.5 Å². The largest absolute Gasteiger partial charge is 0.486 e. The summed E-state index contributed by atoms with van der Waals surface area (Å²) < 4.78 is 11.0. The zero-order valence-electron chi connectivity index (χ0n) is 8.48. The predicted octanol–water partition coefficient (Wildman–Crippen LogP) is 1.55. The van der Waals surface area contributed by atoms with Gasteiger partial charge in [0.1, 0.15) is 6.61 Å². The maximum absolute atomic E-state index is 8.97. The van der Waals surface area contributed by atoms with Crippen LogP contribution in [0.4, 0.5) is 0 Å². The number of hydrogen-bond donors (Lipinski definition) is 1. The Hall–Kier alpha value is -1.48. The van der Waals surface area contributed by atoms with E-state index in [1.807, 2.05) is 24.3 Å². The Morgan fingerprint density at radius 3 is 3.07 bits per heavy atom. The summed E-state index contributed by atoms with van der Waals surface area (Å²) in [4.78, 5) is 0. The van der Waals surface area contributed by atoms with Gasteiger partial charge in [-0.05, 0) is 24.1 Å². The van der Waals surface area contributed by atoms with Crippen LogP contribution >= 0.6 is 0 Å². The maximum atomic E-state index is 8.97. The minimum atomic E-state index is -0.253. The molecule has 1 aromatic carbocycles. The molecule has 0 bridgehead atoms. The van der Waals surface area contributed by atoms with Gasteiger partial charge in [-0.2, -0.15) is 0 Å². The third kappa shape index (κ3) is 2.13. The number of rotatable bonds is 3. The number of ether oxygens (including phenoxy) is 2. The average Bonchev–Trinajstić information content (AvgIpc) is 2.28. The molecule has 0 fully saturated rings. The Kier molecular flexibility index (Phi) is 2.92. The van der Waals surface area contributed by atoms with E-state index in [2.05, 4.69) is 6.58 Å². The number of benzene rings is 1. The molecular formula is C12H14O3. The van der Waals surface area contributed by atoms with Gasteiger partial charge in [-0.1, -0.05) is 12.1 Å². The van der Waals surface area contributed by atoms with Crippen molar-refractivity contribution in [1.29, 1.82) is 0 Å². The third-order valence-corrected chi connectivity index (χ3v) is 2.31. The molecule has 0 aromatic heterocycles. The second kappa shape index (κ2) is 4.36. The summed E-state index contributed by atoms with van der Waals surface area (Å²) in [5.41, 5.74) is 1.13. The molecule has 1 unspecified atom stereocenters. The Labute approximate surface area is 88.9 Å². The van der Waals surface area contributed by atoms with Crippen molar-refractivity contribution in [2.75, 3.05) is 13.2 Å². The summed E-state index contributed by atoms with van der Waals surface area (Å²) in [6.45, 7) is 4.07. The summed E-state index contributed by atoms with van der Waals surface area (Å²) >= 11 is 0. The van der Waals surface area contributed by atoms with Crippen LogP contribution in [0.1, 0.15) is 5.56 Å². The number of hydrogen-bond acceptors (Lipinski definition) is 3. The molecule has 1 aliphatic rings. The van der Waals surface area contributed by atoms with Crippen molar-refractivity contribution in [2.24, 2.45) is 0 Å². The lowest BCUT2D eigenvalue weighted by Gasteiger charge is -2.25. The highest BCUT2D eigenvalue weighted by molar-refractivity contribution is 5.44. The number of aliphatic hydroxyl groups is 1. The van der Waals surface area contributed by atoms with E-state index in [1.165, 1.54) is 0 Å². The van der Waals surface area contributed by atoms with Gasteiger partial charge in [0, 0.05) is 0 Å². The van der Waals surface area contributed by atoms with Crippen molar-refractivity contribution >= 4 is 0 Å². The number of fused-ring (bicyclic) bond motifs is 1. The normalized spacial score (nSPS) is 18.6. The van der Waals surface area contributed by atoms with Crippen molar-refractivity contribution in [1.82, 2.24) is 0 Å². The Balaban J connectivity index is 2.22. The van der Waals surface area contributed by atoms with Crippen molar-refractivity contribution in [2.45, 2.75) is 12.5 Å². The van der Waals surface area contributed by atoms with E-state index >= 15 is 0 Å². The number of aliphatic hydroxyl groups excluding tert-OH is 1. The Morgan fingerprint density at radius 1 is 1.47 bits per heavy atom. The molecule has 1 heterocycles. The lowest BCUT2D eigenvalue weighted by Crippen LogP contribution is -2.32. The molecule has 80 valence electrons. The van der Waals surface area contributed by atoms with Gasteiger partial charge < -0.3 is 14.6 Å². The molecule has 2 rings (SSSR count). The molecule has 0 radical (unpaired) electrons. The summed E-state index contributed by atoms with van der Waals surface area (Å²) in [5, 5.41) is 8.97. The predicted molar refractivity (Wildman–Crippen MR) is 57.3 cm³/mol. The lowest BCUT2D eigenvalue weighted by atomic mass is 10.1. The molecule has 0 aliphatic carbocycles. The van der Waals surface area contributed by atoms with Crippen LogP contribution in [-0.2, 0) is 6.42 Å². The summed E-state index contributed by atoms with van der Waals surface area (Å²) in [7, 11) is 0. The van der Waals surface area contributed by atoms with Gasteiger partial charge in [-0.15, -0.1) is 6.58 Å². The third-order valence-electron chi connectivity index (χ3n) is 2.31. The zero-order valence-corrected chi connectivity index (χ0v) is 8.48. The van der Waals surface area contributed by atoms with Crippen LogP contribution in [0.15, 0.2) is 30.9 Å². The van der Waals surface area contributed by atoms with Crippen molar-refractivity contribution in [3.8, 4) is 11.5 Å². The van der Waals surface area contributed by atoms with Gasteiger partial charge in [0.15, 0.2) is 17.6 Å². The minimum Gasteiger partial charge on any atom is -0.486 e. The molecule has 15 heavy (non-hydrogen) atoms. The Bertz CT molecular complexity index is 360. The van der Waals surface area contributed by atoms with Crippen LogP contribution in [0.25, 0.3) is 0 Å². The molecule has 0 spiro atoms. The van der Waals surface area contributed by atoms with Crippen LogP contribution in [0, 0.1) is 0 Å².